The molecule has 3 rings (SSSR count). The molecule has 3 nitrogen and oxygen atoms in total. The summed E-state index contributed by atoms with van der Waals surface area (Å²) in [6.07, 6.45) is 1.70. The molecule has 1 fully saturated rings. The number of hydrogen-bond donors (Lipinski definition) is 0. The molecule has 0 aromatic heterocycles. The minimum Gasteiger partial charge on any atom is -0.212 e. The van der Waals surface area contributed by atoms with E-state index in [0.717, 1.165) is 18.4 Å². The van der Waals surface area contributed by atoms with Crippen LogP contribution < -0.4 is 0 Å². The molecule has 7 heteroatoms. The minimum atomic E-state index is -3.51. The van der Waals surface area contributed by atoms with E-state index in [0.29, 0.717) is 15.6 Å². The van der Waals surface area contributed by atoms with Gasteiger partial charge in [-0.2, -0.15) is 4.31 Å². The van der Waals surface area contributed by atoms with Crippen LogP contribution in [0.1, 0.15) is 24.0 Å². The predicted molar refractivity (Wildman–Crippen MR) is 94.1 cm³/mol. The Balaban J connectivity index is 1.81. The Morgan fingerprint density at radius 2 is 1.62 bits per heavy atom. The molecular formula is C17H16Cl2FNO2S. The summed E-state index contributed by atoms with van der Waals surface area (Å²) in [6, 6.07) is 10.7. The topological polar surface area (TPSA) is 37.4 Å². The molecule has 0 radical (unpaired) electrons. The van der Waals surface area contributed by atoms with Crippen molar-refractivity contribution in [3.05, 3.63) is 69.5 Å². The third-order valence-corrected chi connectivity index (χ3v) is 6.48. The van der Waals surface area contributed by atoms with Gasteiger partial charge in [0.1, 0.15) is 5.82 Å². The summed E-state index contributed by atoms with van der Waals surface area (Å²) in [4.78, 5) is 0. The molecule has 0 bridgehead atoms. The summed E-state index contributed by atoms with van der Waals surface area (Å²) in [7, 11) is -3.51. The molecule has 128 valence electrons. The van der Waals surface area contributed by atoms with Crippen molar-refractivity contribution in [2.24, 2.45) is 0 Å². The van der Waals surface area contributed by atoms with Gasteiger partial charge in [-0.25, -0.2) is 12.8 Å². The third-order valence-electron chi connectivity index (χ3n) is 3.90. The molecule has 0 N–H and O–H groups in total. The number of sulfonamides is 1. The highest BCUT2D eigenvalue weighted by Crippen LogP contribution is 2.32. The van der Waals surface area contributed by atoms with Gasteiger partial charge >= 0.3 is 0 Å². The second-order valence-corrected chi connectivity index (χ2v) is 8.64. The van der Waals surface area contributed by atoms with E-state index in [1.54, 1.807) is 30.3 Å². The van der Waals surface area contributed by atoms with Crippen LogP contribution in [0.15, 0.2) is 42.5 Å². The number of nitrogens with zero attached hydrogens (tertiary/aromatic N) is 1. The SMILES string of the molecule is O=S(=O)(Cc1ccc(Cl)c(Cl)c1)N(Cc1ccc(F)cc1)C1CC1. The summed E-state index contributed by atoms with van der Waals surface area (Å²) in [5.74, 6) is -0.475. The normalized spacial score (nSPS) is 15.0. The van der Waals surface area contributed by atoms with E-state index in [1.165, 1.54) is 16.4 Å². The summed E-state index contributed by atoms with van der Waals surface area (Å²) < 4.78 is 40.2. The monoisotopic (exact) mass is 387 g/mol. The first-order chi connectivity index (χ1) is 11.3. The highest BCUT2D eigenvalue weighted by Gasteiger charge is 2.37. The first kappa shape index (κ1) is 17.7. The van der Waals surface area contributed by atoms with Gasteiger partial charge < -0.3 is 0 Å². The van der Waals surface area contributed by atoms with Gasteiger partial charge in [-0.3, -0.25) is 0 Å². The zero-order chi connectivity index (χ0) is 17.3. The number of benzene rings is 2. The number of hydrogen-bond acceptors (Lipinski definition) is 2. The molecule has 1 aliphatic rings. The van der Waals surface area contributed by atoms with Gasteiger partial charge in [-0.15, -0.1) is 0 Å². The Morgan fingerprint density at radius 3 is 2.21 bits per heavy atom. The molecule has 2 aromatic carbocycles. The maximum atomic E-state index is 13.0. The molecule has 0 spiro atoms. The van der Waals surface area contributed by atoms with Crippen LogP contribution in [-0.4, -0.2) is 18.8 Å². The second-order valence-electron chi connectivity index (χ2n) is 5.91. The average molecular weight is 388 g/mol. The van der Waals surface area contributed by atoms with Crippen molar-refractivity contribution in [2.75, 3.05) is 0 Å². The Bertz CT molecular complexity index is 836. The lowest BCUT2D eigenvalue weighted by molar-refractivity contribution is 0.398. The largest absolute Gasteiger partial charge is 0.218 e. The number of rotatable bonds is 6. The zero-order valence-electron chi connectivity index (χ0n) is 12.8. The van der Waals surface area contributed by atoms with Gasteiger partial charge in [0.2, 0.25) is 10.0 Å². The minimum absolute atomic E-state index is 0.0165. The highest BCUT2D eigenvalue weighted by molar-refractivity contribution is 7.88. The van der Waals surface area contributed by atoms with Crippen molar-refractivity contribution < 1.29 is 12.8 Å². The van der Waals surface area contributed by atoms with Crippen LogP contribution in [0.5, 0.6) is 0 Å². The fourth-order valence-electron chi connectivity index (χ4n) is 2.51. The molecule has 0 unspecified atom stereocenters. The second kappa shape index (κ2) is 7.00. The van der Waals surface area contributed by atoms with Crippen LogP contribution in [0.2, 0.25) is 10.0 Å². The lowest BCUT2D eigenvalue weighted by Gasteiger charge is -2.22. The van der Waals surface area contributed by atoms with Crippen molar-refractivity contribution in [2.45, 2.75) is 31.2 Å². The maximum Gasteiger partial charge on any atom is 0.218 e. The molecule has 0 heterocycles. The molecule has 24 heavy (non-hydrogen) atoms. The number of halogens is 3. The van der Waals surface area contributed by atoms with E-state index in [-0.39, 0.29) is 24.2 Å². The highest BCUT2D eigenvalue weighted by atomic mass is 35.5. The maximum absolute atomic E-state index is 13.0. The van der Waals surface area contributed by atoms with Crippen molar-refractivity contribution in [1.82, 2.24) is 4.31 Å². The lowest BCUT2D eigenvalue weighted by atomic mass is 10.2. The summed E-state index contributed by atoms with van der Waals surface area (Å²) in [5.41, 5.74) is 1.36. The fourth-order valence-corrected chi connectivity index (χ4v) is 4.61. The van der Waals surface area contributed by atoms with Crippen LogP contribution in [0.3, 0.4) is 0 Å². The molecule has 0 saturated heterocycles. The zero-order valence-corrected chi connectivity index (χ0v) is 15.1. The van der Waals surface area contributed by atoms with E-state index in [2.05, 4.69) is 0 Å². The fraction of sp³-hybridized carbons (Fsp3) is 0.294. The summed E-state index contributed by atoms with van der Waals surface area (Å²) in [6.45, 7) is 0.245. The van der Waals surface area contributed by atoms with E-state index in [1.807, 2.05) is 0 Å². The van der Waals surface area contributed by atoms with E-state index < -0.39 is 10.0 Å². The van der Waals surface area contributed by atoms with E-state index >= 15 is 0 Å². The van der Waals surface area contributed by atoms with Crippen LogP contribution >= 0.6 is 23.2 Å². The Kier molecular flexibility index (Phi) is 5.16. The molecular weight excluding hydrogens is 372 g/mol. The first-order valence-corrected chi connectivity index (χ1v) is 9.89. The molecule has 0 atom stereocenters. The van der Waals surface area contributed by atoms with Gasteiger partial charge in [0.05, 0.1) is 15.8 Å². The van der Waals surface area contributed by atoms with Crippen LogP contribution in [-0.2, 0) is 22.3 Å². The quantitative estimate of drug-likeness (QED) is 0.724. The smallest absolute Gasteiger partial charge is 0.212 e. The predicted octanol–water partition coefficient (Wildman–Crippen LogP) is 4.63. The van der Waals surface area contributed by atoms with Gasteiger partial charge in [-0.1, -0.05) is 41.4 Å². The van der Waals surface area contributed by atoms with Crippen molar-refractivity contribution in [3.8, 4) is 0 Å². The van der Waals surface area contributed by atoms with Crippen LogP contribution in [0, 0.1) is 5.82 Å². The van der Waals surface area contributed by atoms with Crippen molar-refractivity contribution in [3.63, 3.8) is 0 Å². The average Bonchev–Trinajstić information content (AvgIpc) is 3.34. The molecule has 2 aromatic rings. The third kappa shape index (κ3) is 4.28. The van der Waals surface area contributed by atoms with Gasteiger partial charge in [0.15, 0.2) is 0 Å². The molecule has 1 saturated carbocycles. The molecule has 0 aliphatic heterocycles. The standard InChI is InChI=1S/C17H16Cl2FNO2S/c18-16-8-3-13(9-17(16)19)11-24(22,23)21(15-6-7-15)10-12-1-4-14(20)5-2-12/h1-5,8-9,15H,6-7,10-11H2. The molecule has 0 amide bonds. The summed E-state index contributed by atoms with van der Waals surface area (Å²) in [5, 5.41) is 0.726. The van der Waals surface area contributed by atoms with E-state index in [9.17, 15) is 12.8 Å². The van der Waals surface area contributed by atoms with Crippen molar-refractivity contribution >= 4 is 33.2 Å². The Morgan fingerprint density at radius 1 is 1.00 bits per heavy atom. The van der Waals surface area contributed by atoms with E-state index in [4.69, 9.17) is 23.2 Å². The first-order valence-electron chi connectivity index (χ1n) is 7.53. The summed E-state index contributed by atoms with van der Waals surface area (Å²) >= 11 is 11.8. The Hall–Kier alpha value is -1.14. The lowest BCUT2D eigenvalue weighted by Crippen LogP contribution is -2.33. The van der Waals surface area contributed by atoms with Crippen LogP contribution in [0.25, 0.3) is 0 Å². The molecule has 1 aliphatic carbocycles. The van der Waals surface area contributed by atoms with Gasteiger partial charge in [0, 0.05) is 12.6 Å². The van der Waals surface area contributed by atoms with Crippen LogP contribution in [0.4, 0.5) is 4.39 Å². The van der Waals surface area contributed by atoms with Gasteiger partial charge in [-0.05, 0) is 48.2 Å². The van der Waals surface area contributed by atoms with Gasteiger partial charge in [0.25, 0.3) is 0 Å². The Labute approximate surface area is 151 Å². The van der Waals surface area contributed by atoms with Crippen molar-refractivity contribution in [1.29, 1.82) is 0 Å².